The molecule has 0 unspecified atom stereocenters. The van der Waals surface area contributed by atoms with E-state index in [9.17, 15) is 14.0 Å². The van der Waals surface area contributed by atoms with E-state index in [4.69, 9.17) is 0 Å². The molecular weight excluding hydrogens is 309 g/mol. The lowest BCUT2D eigenvalue weighted by atomic mass is 10.1. The highest BCUT2D eigenvalue weighted by molar-refractivity contribution is 5.88. The lowest BCUT2D eigenvalue weighted by Crippen LogP contribution is -2.45. The summed E-state index contributed by atoms with van der Waals surface area (Å²) >= 11 is 0. The number of anilines is 1. The van der Waals surface area contributed by atoms with Crippen LogP contribution in [-0.2, 0) is 16.1 Å². The molecule has 0 aromatic heterocycles. The Balaban J connectivity index is 1.95. The number of carbonyl (C=O) groups is 2. The van der Waals surface area contributed by atoms with Gasteiger partial charge in [-0.3, -0.25) is 9.59 Å². The molecule has 24 heavy (non-hydrogen) atoms. The molecule has 0 spiro atoms. The summed E-state index contributed by atoms with van der Waals surface area (Å²) in [5, 5.41) is 2.83. The molecule has 1 aromatic carbocycles. The molecule has 2 amide bonds. The smallest absolute Gasteiger partial charge is 0.243 e. The maximum absolute atomic E-state index is 14.0. The molecule has 0 saturated carbocycles. The minimum atomic E-state index is -0.394. The lowest BCUT2D eigenvalue weighted by molar-refractivity contribution is -0.138. The monoisotopic (exact) mass is 335 g/mol. The number of amides is 2. The van der Waals surface area contributed by atoms with Crippen molar-refractivity contribution in [2.75, 3.05) is 25.5 Å². The fourth-order valence-electron chi connectivity index (χ4n) is 3.03. The maximum atomic E-state index is 14.0. The number of hydrogen-bond acceptors (Lipinski definition) is 3. The Labute approximate surface area is 142 Å². The summed E-state index contributed by atoms with van der Waals surface area (Å²) in [5.74, 6) is -0.432. The third-order valence-corrected chi connectivity index (χ3v) is 4.30. The van der Waals surface area contributed by atoms with E-state index in [-0.39, 0.29) is 24.2 Å². The summed E-state index contributed by atoms with van der Waals surface area (Å²) in [7, 11) is 3.56. The second kappa shape index (κ2) is 8.13. The molecule has 1 fully saturated rings. The first kappa shape index (κ1) is 18.2. The van der Waals surface area contributed by atoms with Gasteiger partial charge in [0.05, 0.1) is 5.69 Å². The van der Waals surface area contributed by atoms with Crippen LogP contribution in [0.4, 0.5) is 10.1 Å². The van der Waals surface area contributed by atoms with E-state index in [1.165, 1.54) is 6.07 Å². The van der Waals surface area contributed by atoms with Crippen LogP contribution in [0.25, 0.3) is 0 Å². The van der Waals surface area contributed by atoms with Crippen LogP contribution in [0.1, 0.15) is 38.2 Å². The number of nitrogens with one attached hydrogen (secondary N) is 1. The average Bonchev–Trinajstić information content (AvgIpc) is 3.02. The number of likely N-dealkylation sites (tertiary alicyclic amines) is 1. The number of carbonyl (C=O) groups excluding carboxylic acids is 2. The van der Waals surface area contributed by atoms with Gasteiger partial charge in [0.2, 0.25) is 11.8 Å². The Bertz CT molecular complexity index is 604. The van der Waals surface area contributed by atoms with Crippen molar-refractivity contribution >= 4 is 17.5 Å². The second-order valence-corrected chi connectivity index (χ2v) is 6.39. The minimum Gasteiger partial charge on any atom is -0.375 e. The van der Waals surface area contributed by atoms with Gasteiger partial charge in [-0.15, -0.1) is 0 Å². The highest BCUT2D eigenvalue weighted by Crippen LogP contribution is 2.20. The Morgan fingerprint density at radius 3 is 2.75 bits per heavy atom. The van der Waals surface area contributed by atoms with E-state index in [1.54, 1.807) is 36.0 Å². The summed E-state index contributed by atoms with van der Waals surface area (Å²) in [4.78, 5) is 27.8. The molecule has 1 atom stereocenters. The fraction of sp³-hybridized carbons (Fsp3) is 0.556. The third-order valence-electron chi connectivity index (χ3n) is 4.30. The highest BCUT2D eigenvalue weighted by Gasteiger charge is 2.33. The molecule has 0 radical (unpaired) electrons. The zero-order valence-corrected chi connectivity index (χ0v) is 14.6. The molecule has 0 bridgehead atoms. The molecule has 0 aliphatic carbocycles. The number of halogens is 1. The summed E-state index contributed by atoms with van der Waals surface area (Å²) in [6, 6.07) is 4.54. The summed E-state index contributed by atoms with van der Waals surface area (Å²) in [6.07, 6.45) is 2.79. The fourth-order valence-corrected chi connectivity index (χ4v) is 3.03. The predicted octanol–water partition coefficient (Wildman–Crippen LogP) is 2.30. The molecule has 1 saturated heterocycles. The van der Waals surface area contributed by atoms with Crippen LogP contribution in [0.15, 0.2) is 18.2 Å². The van der Waals surface area contributed by atoms with Crippen LogP contribution >= 0.6 is 0 Å². The number of nitrogens with zero attached hydrogens (tertiary/aromatic N) is 2. The normalized spacial score (nSPS) is 17.0. The van der Waals surface area contributed by atoms with E-state index in [2.05, 4.69) is 5.32 Å². The molecular formula is C18H26FN3O2. The lowest BCUT2D eigenvalue weighted by Gasteiger charge is -2.24. The van der Waals surface area contributed by atoms with Crippen LogP contribution in [0, 0.1) is 5.82 Å². The van der Waals surface area contributed by atoms with Gasteiger partial charge in [0, 0.05) is 33.6 Å². The largest absolute Gasteiger partial charge is 0.375 e. The molecule has 5 nitrogen and oxygen atoms in total. The van der Waals surface area contributed by atoms with Gasteiger partial charge in [0.1, 0.15) is 11.9 Å². The van der Waals surface area contributed by atoms with E-state index >= 15 is 0 Å². The Morgan fingerprint density at radius 2 is 2.12 bits per heavy atom. The van der Waals surface area contributed by atoms with Crippen molar-refractivity contribution in [2.24, 2.45) is 0 Å². The predicted molar refractivity (Wildman–Crippen MR) is 92.2 cm³/mol. The van der Waals surface area contributed by atoms with Gasteiger partial charge in [-0.25, -0.2) is 4.39 Å². The second-order valence-electron chi connectivity index (χ2n) is 6.39. The molecule has 1 aliphatic rings. The summed E-state index contributed by atoms with van der Waals surface area (Å²) in [5.41, 5.74) is 1.22. The van der Waals surface area contributed by atoms with Crippen molar-refractivity contribution in [3.8, 4) is 0 Å². The van der Waals surface area contributed by atoms with Gasteiger partial charge < -0.3 is 15.1 Å². The number of benzene rings is 1. The zero-order chi connectivity index (χ0) is 17.7. The van der Waals surface area contributed by atoms with E-state index in [0.29, 0.717) is 30.6 Å². The molecule has 1 heterocycles. The summed E-state index contributed by atoms with van der Waals surface area (Å²) in [6.45, 7) is 2.85. The van der Waals surface area contributed by atoms with Crippen LogP contribution in [0.3, 0.4) is 0 Å². The Kier molecular flexibility index (Phi) is 6.17. The van der Waals surface area contributed by atoms with Crippen LogP contribution in [0.2, 0.25) is 0 Å². The first-order valence-corrected chi connectivity index (χ1v) is 8.47. The van der Waals surface area contributed by atoms with Crippen molar-refractivity contribution < 1.29 is 14.0 Å². The van der Waals surface area contributed by atoms with Crippen molar-refractivity contribution in [1.29, 1.82) is 0 Å². The summed E-state index contributed by atoms with van der Waals surface area (Å²) < 4.78 is 14.0. The van der Waals surface area contributed by atoms with Gasteiger partial charge in [-0.2, -0.15) is 0 Å². The van der Waals surface area contributed by atoms with Gasteiger partial charge in [-0.1, -0.05) is 13.0 Å². The van der Waals surface area contributed by atoms with Gasteiger partial charge >= 0.3 is 0 Å². The minimum absolute atomic E-state index is 0.0385. The SMILES string of the molecule is CCCC(=O)N1CCC[C@@H]1C(=O)NCc1ccc(N(C)C)c(F)c1. The van der Waals surface area contributed by atoms with Crippen LogP contribution < -0.4 is 10.2 Å². The van der Waals surface area contributed by atoms with Crippen molar-refractivity contribution in [1.82, 2.24) is 10.2 Å². The van der Waals surface area contributed by atoms with Crippen molar-refractivity contribution in [2.45, 2.75) is 45.2 Å². The van der Waals surface area contributed by atoms with Crippen molar-refractivity contribution in [3.63, 3.8) is 0 Å². The first-order chi connectivity index (χ1) is 11.4. The zero-order valence-electron chi connectivity index (χ0n) is 14.6. The standard InChI is InChI=1S/C18H26FN3O2/c1-4-6-17(23)22-10-5-7-16(22)18(24)20-12-13-8-9-15(21(2)3)14(19)11-13/h8-9,11,16H,4-7,10,12H2,1-3H3,(H,20,24)/t16-/m1/s1. The number of rotatable bonds is 6. The number of hydrogen-bond donors (Lipinski definition) is 1. The first-order valence-electron chi connectivity index (χ1n) is 8.47. The average molecular weight is 335 g/mol. The van der Waals surface area contributed by atoms with Gasteiger partial charge in [0.25, 0.3) is 0 Å². The van der Waals surface area contributed by atoms with Crippen LogP contribution in [0.5, 0.6) is 0 Å². The quantitative estimate of drug-likeness (QED) is 0.868. The topological polar surface area (TPSA) is 52.7 Å². The Hall–Kier alpha value is -2.11. The molecule has 1 aliphatic heterocycles. The Morgan fingerprint density at radius 1 is 1.38 bits per heavy atom. The molecule has 6 heteroatoms. The van der Waals surface area contributed by atoms with Crippen LogP contribution in [-0.4, -0.2) is 43.4 Å². The van der Waals surface area contributed by atoms with Crippen molar-refractivity contribution in [3.05, 3.63) is 29.6 Å². The highest BCUT2D eigenvalue weighted by atomic mass is 19.1. The van der Waals surface area contributed by atoms with E-state index in [1.807, 2.05) is 6.92 Å². The van der Waals surface area contributed by atoms with E-state index < -0.39 is 6.04 Å². The van der Waals surface area contributed by atoms with Gasteiger partial charge in [-0.05, 0) is 37.0 Å². The molecule has 1 N–H and O–H groups in total. The molecule has 2 rings (SSSR count). The van der Waals surface area contributed by atoms with Gasteiger partial charge in [0.15, 0.2) is 0 Å². The molecule has 132 valence electrons. The molecule has 1 aromatic rings. The third kappa shape index (κ3) is 4.24. The maximum Gasteiger partial charge on any atom is 0.243 e. The van der Waals surface area contributed by atoms with E-state index in [0.717, 1.165) is 12.8 Å².